The minimum absolute atomic E-state index is 0.0242. The minimum atomic E-state index is -0.597. The van der Waals surface area contributed by atoms with E-state index in [1.54, 1.807) is 18.2 Å². The number of nitrogens with zero attached hydrogens (tertiary/aromatic N) is 1. The van der Waals surface area contributed by atoms with Gasteiger partial charge in [-0.25, -0.2) is 0 Å². The highest BCUT2D eigenvalue weighted by atomic mass is 35.5. The Labute approximate surface area is 141 Å². The first kappa shape index (κ1) is 17.2. The molecule has 2 aromatic rings. The molecule has 2 rings (SSSR count). The molecule has 0 aliphatic heterocycles. The molecule has 0 atom stereocenters. The lowest BCUT2D eigenvalue weighted by atomic mass is 10.2. The summed E-state index contributed by atoms with van der Waals surface area (Å²) < 4.78 is 0. The lowest BCUT2D eigenvalue weighted by Gasteiger charge is -2.03. The Morgan fingerprint density at radius 3 is 2.42 bits per heavy atom. The summed E-state index contributed by atoms with van der Waals surface area (Å²) in [5.41, 5.74) is 6.17. The number of nitrogens with one attached hydrogen (secondary N) is 1. The Kier molecular flexibility index (Phi) is 5.28. The first-order valence-electron chi connectivity index (χ1n) is 6.69. The fraction of sp³-hybridized carbons (Fsp3) is 0. The van der Waals surface area contributed by atoms with Crippen LogP contribution in [0.5, 0.6) is 0 Å². The number of carbonyl (C=O) groups excluding carboxylic acids is 2. The van der Waals surface area contributed by atoms with E-state index < -0.39 is 16.7 Å². The van der Waals surface area contributed by atoms with Gasteiger partial charge in [0.25, 0.3) is 5.69 Å². The second-order valence-corrected chi connectivity index (χ2v) is 5.14. The summed E-state index contributed by atoms with van der Waals surface area (Å²) in [6, 6.07) is 10.3. The molecular formula is C16H12ClN3O4. The van der Waals surface area contributed by atoms with E-state index in [0.717, 1.165) is 0 Å². The molecule has 0 bridgehead atoms. The van der Waals surface area contributed by atoms with Gasteiger partial charge in [-0.05, 0) is 42.0 Å². The van der Waals surface area contributed by atoms with Gasteiger partial charge >= 0.3 is 0 Å². The van der Waals surface area contributed by atoms with Crippen LogP contribution in [0, 0.1) is 10.1 Å². The molecule has 8 heteroatoms. The monoisotopic (exact) mass is 345 g/mol. The largest absolute Gasteiger partial charge is 0.366 e. The van der Waals surface area contributed by atoms with Crippen LogP contribution < -0.4 is 11.1 Å². The van der Waals surface area contributed by atoms with Crippen molar-refractivity contribution in [1.29, 1.82) is 0 Å². The first-order chi connectivity index (χ1) is 11.4. The number of hydrogen-bond acceptors (Lipinski definition) is 4. The van der Waals surface area contributed by atoms with Crippen LogP contribution >= 0.6 is 11.6 Å². The van der Waals surface area contributed by atoms with Crippen molar-refractivity contribution in [1.82, 2.24) is 0 Å². The predicted octanol–water partition coefficient (Wildman–Crippen LogP) is 3.00. The molecule has 0 saturated carbocycles. The molecule has 7 nitrogen and oxygen atoms in total. The Bertz CT molecular complexity index is 832. The van der Waals surface area contributed by atoms with E-state index in [0.29, 0.717) is 16.8 Å². The maximum Gasteiger partial charge on any atom is 0.288 e. The van der Waals surface area contributed by atoms with Gasteiger partial charge in [0.2, 0.25) is 11.8 Å². The van der Waals surface area contributed by atoms with Gasteiger partial charge in [0.15, 0.2) is 0 Å². The van der Waals surface area contributed by atoms with Crippen LogP contribution in [0.15, 0.2) is 48.5 Å². The van der Waals surface area contributed by atoms with Crippen molar-refractivity contribution in [3.05, 3.63) is 74.8 Å². The summed E-state index contributed by atoms with van der Waals surface area (Å²) in [4.78, 5) is 33.0. The molecule has 0 spiro atoms. The van der Waals surface area contributed by atoms with E-state index in [9.17, 15) is 19.7 Å². The molecule has 122 valence electrons. The van der Waals surface area contributed by atoms with Crippen LogP contribution in [0.1, 0.15) is 15.9 Å². The molecule has 0 radical (unpaired) electrons. The lowest BCUT2D eigenvalue weighted by molar-refractivity contribution is -0.384. The molecule has 2 aromatic carbocycles. The number of benzene rings is 2. The maximum absolute atomic E-state index is 11.8. The molecule has 0 aromatic heterocycles. The number of nitro benzene ring substituents is 1. The molecule has 0 saturated heterocycles. The van der Waals surface area contributed by atoms with Crippen LogP contribution in [0.3, 0.4) is 0 Å². The molecule has 3 N–H and O–H groups in total. The fourth-order valence-electron chi connectivity index (χ4n) is 1.85. The average molecular weight is 346 g/mol. The molecule has 0 unspecified atom stereocenters. The van der Waals surface area contributed by atoms with Crippen molar-refractivity contribution < 1.29 is 14.5 Å². The molecule has 0 fully saturated rings. The normalized spacial score (nSPS) is 10.5. The molecule has 0 heterocycles. The summed E-state index contributed by atoms with van der Waals surface area (Å²) in [7, 11) is 0. The van der Waals surface area contributed by atoms with Gasteiger partial charge in [-0.1, -0.05) is 17.7 Å². The summed E-state index contributed by atoms with van der Waals surface area (Å²) >= 11 is 5.72. The number of carbonyl (C=O) groups is 2. The van der Waals surface area contributed by atoms with E-state index in [2.05, 4.69) is 5.32 Å². The summed E-state index contributed by atoms with van der Waals surface area (Å²) in [5.74, 6) is -0.989. The van der Waals surface area contributed by atoms with Crippen LogP contribution in [0.2, 0.25) is 5.02 Å². The van der Waals surface area contributed by atoms with Crippen molar-refractivity contribution in [3.8, 4) is 0 Å². The topological polar surface area (TPSA) is 115 Å². The Morgan fingerprint density at radius 2 is 1.83 bits per heavy atom. The van der Waals surface area contributed by atoms with Gasteiger partial charge in [0, 0.05) is 23.4 Å². The fourth-order valence-corrected chi connectivity index (χ4v) is 2.03. The molecule has 0 aliphatic rings. The number of nitrogens with two attached hydrogens (primary N) is 1. The zero-order valence-corrected chi connectivity index (χ0v) is 13.0. The molecular weight excluding hydrogens is 334 g/mol. The Balaban J connectivity index is 2.06. The molecule has 24 heavy (non-hydrogen) atoms. The van der Waals surface area contributed by atoms with Gasteiger partial charge in [0.1, 0.15) is 5.02 Å². The Hall–Kier alpha value is -3.19. The van der Waals surface area contributed by atoms with Crippen molar-refractivity contribution >= 4 is 40.9 Å². The van der Waals surface area contributed by atoms with Gasteiger partial charge in [-0.15, -0.1) is 0 Å². The number of rotatable bonds is 5. The quantitative estimate of drug-likeness (QED) is 0.492. The van der Waals surface area contributed by atoms with Crippen LogP contribution in [-0.4, -0.2) is 16.7 Å². The zero-order chi connectivity index (χ0) is 17.7. The summed E-state index contributed by atoms with van der Waals surface area (Å²) in [5, 5.41) is 13.4. The first-order valence-corrected chi connectivity index (χ1v) is 7.07. The van der Waals surface area contributed by atoms with Gasteiger partial charge < -0.3 is 11.1 Å². The second-order valence-electron chi connectivity index (χ2n) is 4.73. The number of anilines is 1. The number of hydrogen-bond donors (Lipinski definition) is 2. The highest BCUT2D eigenvalue weighted by molar-refractivity contribution is 6.32. The predicted molar refractivity (Wildman–Crippen MR) is 90.7 cm³/mol. The van der Waals surface area contributed by atoms with Crippen molar-refractivity contribution in [2.24, 2.45) is 5.73 Å². The third-order valence-electron chi connectivity index (χ3n) is 3.03. The van der Waals surface area contributed by atoms with Crippen molar-refractivity contribution in [3.63, 3.8) is 0 Å². The number of primary amides is 1. The van der Waals surface area contributed by atoms with E-state index >= 15 is 0 Å². The van der Waals surface area contributed by atoms with E-state index in [1.807, 2.05) is 0 Å². The smallest absolute Gasteiger partial charge is 0.288 e. The number of nitro groups is 1. The van der Waals surface area contributed by atoms with E-state index in [1.165, 1.54) is 36.4 Å². The average Bonchev–Trinajstić information content (AvgIpc) is 2.54. The third-order valence-corrected chi connectivity index (χ3v) is 3.35. The standard InChI is InChI=1S/C16H12ClN3O4/c17-13-7-1-10(9-14(13)20(23)24)2-8-15(21)19-12-5-3-11(4-6-12)16(18)22/h1-9H,(H2,18,22)(H,19,21)/b8-2+. The minimum Gasteiger partial charge on any atom is -0.366 e. The van der Waals surface area contributed by atoms with Crippen molar-refractivity contribution in [2.45, 2.75) is 0 Å². The van der Waals surface area contributed by atoms with Gasteiger partial charge in [-0.3, -0.25) is 19.7 Å². The Morgan fingerprint density at radius 1 is 1.17 bits per heavy atom. The highest BCUT2D eigenvalue weighted by Gasteiger charge is 2.11. The number of halogens is 1. The zero-order valence-electron chi connectivity index (χ0n) is 12.2. The SMILES string of the molecule is NC(=O)c1ccc(NC(=O)/C=C/c2ccc(Cl)c([N+](=O)[O-])c2)cc1. The lowest BCUT2D eigenvalue weighted by Crippen LogP contribution is -2.11. The second kappa shape index (κ2) is 7.38. The third kappa shape index (κ3) is 4.40. The maximum atomic E-state index is 11.8. The van der Waals surface area contributed by atoms with Crippen LogP contribution in [-0.2, 0) is 4.79 Å². The van der Waals surface area contributed by atoms with Crippen LogP contribution in [0.25, 0.3) is 6.08 Å². The van der Waals surface area contributed by atoms with Crippen LogP contribution in [0.4, 0.5) is 11.4 Å². The van der Waals surface area contributed by atoms with E-state index in [4.69, 9.17) is 17.3 Å². The van der Waals surface area contributed by atoms with Gasteiger partial charge in [-0.2, -0.15) is 0 Å². The molecule has 2 amide bonds. The van der Waals surface area contributed by atoms with E-state index in [-0.39, 0.29) is 10.7 Å². The summed E-state index contributed by atoms with van der Waals surface area (Å²) in [6.07, 6.45) is 2.66. The van der Waals surface area contributed by atoms with Crippen molar-refractivity contribution in [2.75, 3.05) is 5.32 Å². The highest BCUT2D eigenvalue weighted by Crippen LogP contribution is 2.25. The molecule has 0 aliphatic carbocycles. The summed E-state index contributed by atoms with van der Waals surface area (Å²) in [6.45, 7) is 0. The van der Waals surface area contributed by atoms with Gasteiger partial charge in [0.05, 0.1) is 4.92 Å². The number of amides is 2.